The quantitative estimate of drug-likeness (QED) is 0.747. The summed E-state index contributed by atoms with van der Waals surface area (Å²) in [6.07, 6.45) is 4.77. The number of halogens is 1. The molecule has 7 nitrogen and oxygen atoms in total. The van der Waals surface area contributed by atoms with Crippen molar-refractivity contribution < 1.29 is 18.8 Å². The number of fused-ring (bicyclic) bond motifs is 1. The Morgan fingerprint density at radius 3 is 2.66 bits per heavy atom. The molecule has 29 heavy (non-hydrogen) atoms. The molecule has 1 saturated heterocycles. The molecule has 1 aromatic carbocycles. The smallest absolute Gasteiger partial charge is 0.255 e. The van der Waals surface area contributed by atoms with Crippen molar-refractivity contribution >= 4 is 23.4 Å². The van der Waals surface area contributed by atoms with Crippen LogP contribution < -0.4 is 15.5 Å². The number of benzene rings is 1. The van der Waals surface area contributed by atoms with Gasteiger partial charge in [0, 0.05) is 36.7 Å². The van der Waals surface area contributed by atoms with Gasteiger partial charge in [0.2, 0.25) is 11.8 Å². The van der Waals surface area contributed by atoms with Crippen molar-refractivity contribution in [3.8, 4) is 0 Å². The number of carbonyl (C=O) groups excluding carboxylic acids is 3. The second kappa shape index (κ2) is 7.74. The van der Waals surface area contributed by atoms with Crippen LogP contribution in [-0.4, -0.2) is 54.8 Å². The second-order valence-corrected chi connectivity index (χ2v) is 8.18. The summed E-state index contributed by atoms with van der Waals surface area (Å²) < 4.78 is 15.5. The van der Waals surface area contributed by atoms with E-state index < -0.39 is 17.8 Å². The lowest BCUT2D eigenvalue weighted by molar-refractivity contribution is -0.136. The first kappa shape index (κ1) is 19.8. The van der Waals surface area contributed by atoms with Gasteiger partial charge in [0.1, 0.15) is 6.04 Å². The zero-order valence-electron chi connectivity index (χ0n) is 16.8. The molecule has 0 radical (unpaired) electrons. The highest BCUT2D eigenvalue weighted by atomic mass is 19.1. The predicted molar refractivity (Wildman–Crippen MR) is 106 cm³/mol. The maximum absolute atomic E-state index is 15.5. The van der Waals surface area contributed by atoms with Crippen molar-refractivity contribution in [3.63, 3.8) is 0 Å². The molecule has 3 aliphatic rings. The number of amides is 3. The molecule has 8 heteroatoms. The molecule has 2 fully saturated rings. The molecule has 2 aliphatic heterocycles. The van der Waals surface area contributed by atoms with E-state index in [2.05, 4.69) is 10.6 Å². The highest BCUT2D eigenvalue weighted by Gasteiger charge is 2.41. The topological polar surface area (TPSA) is 81.8 Å². The number of nitrogens with zero attached hydrogens (tertiary/aromatic N) is 2. The Balaban J connectivity index is 1.60. The van der Waals surface area contributed by atoms with Crippen LogP contribution in [0.2, 0.25) is 0 Å². The van der Waals surface area contributed by atoms with E-state index in [1.165, 1.54) is 4.90 Å². The van der Waals surface area contributed by atoms with Crippen LogP contribution in [0.3, 0.4) is 0 Å². The number of nitrogens with one attached hydrogen (secondary N) is 2. The fourth-order valence-corrected chi connectivity index (χ4v) is 4.95. The highest BCUT2D eigenvalue weighted by molar-refractivity contribution is 6.05. The van der Waals surface area contributed by atoms with Gasteiger partial charge in [-0.25, -0.2) is 4.39 Å². The van der Waals surface area contributed by atoms with Gasteiger partial charge < -0.3 is 15.1 Å². The van der Waals surface area contributed by atoms with E-state index >= 15 is 4.39 Å². The number of piperidine rings is 1. The van der Waals surface area contributed by atoms with Gasteiger partial charge in [-0.1, -0.05) is 12.8 Å². The molecule has 1 saturated carbocycles. The van der Waals surface area contributed by atoms with Gasteiger partial charge in [-0.05, 0) is 38.4 Å². The van der Waals surface area contributed by atoms with Crippen molar-refractivity contribution in [2.24, 2.45) is 0 Å². The first-order valence-corrected chi connectivity index (χ1v) is 10.3. The first-order valence-electron chi connectivity index (χ1n) is 10.3. The lowest BCUT2D eigenvalue weighted by atomic mass is 9.89. The molecule has 1 unspecified atom stereocenters. The van der Waals surface area contributed by atoms with E-state index in [1.807, 2.05) is 19.0 Å². The SMILES string of the molecule is CN[C@@H]1CCCC[C@@H]1N(C)c1ccc2c(c1F)CN(C1CCC(=O)NC1=O)C2=O. The van der Waals surface area contributed by atoms with Gasteiger partial charge in [0.15, 0.2) is 5.82 Å². The maximum Gasteiger partial charge on any atom is 0.255 e. The van der Waals surface area contributed by atoms with Crippen LogP contribution in [0, 0.1) is 5.82 Å². The van der Waals surface area contributed by atoms with Crippen LogP contribution in [-0.2, 0) is 16.1 Å². The molecule has 2 N–H and O–H groups in total. The Morgan fingerprint density at radius 1 is 1.17 bits per heavy atom. The zero-order chi connectivity index (χ0) is 20.7. The summed E-state index contributed by atoms with van der Waals surface area (Å²) in [6.45, 7) is 0.0497. The minimum atomic E-state index is -0.736. The summed E-state index contributed by atoms with van der Waals surface area (Å²) in [6, 6.07) is 3.07. The number of carbonyl (C=O) groups is 3. The number of rotatable bonds is 4. The lowest BCUT2D eigenvalue weighted by Gasteiger charge is -2.39. The third kappa shape index (κ3) is 3.39. The van der Waals surface area contributed by atoms with Crippen molar-refractivity contribution in [2.75, 3.05) is 19.0 Å². The molecule has 4 rings (SSSR count). The third-order valence-corrected chi connectivity index (χ3v) is 6.61. The summed E-state index contributed by atoms with van der Waals surface area (Å²) in [5.74, 6) is -1.57. The van der Waals surface area contributed by atoms with E-state index in [1.54, 1.807) is 12.1 Å². The average Bonchev–Trinajstić information content (AvgIpc) is 3.05. The van der Waals surface area contributed by atoms with Gasteiger partial charge in [0.05, 0.1) is 12.2 Å². The number of hydrogen-bond acceptors (Lipinski definition) is 5. The van der Waals surface area contributed by atoms with E-state index in [0.29, 0.717) is 22.9 Å². The molecule has 1 aliphatic carbocycles. The normalized spacial score (nSPS) is 27.1. The standard InChI is InChI=1S/C21H27FN4O3/c1-23-14-5-3-4-6-15(14)25(2)16-8-7-12-13(19(16)22)11-26(21(12)29)17-9-10-18(27)24-20(17)28/h7-8,14-15,17,23H,3-6,9-11H2,1-2H3,(H,24,27,28)/t14-,15+,17?/m1/s1. The van der Waals surface area contributed by atoms with Crippen LogP contribution in [0.25, 0.3) is 0 Å². The molecular formula is C21H27FN4O3. The molecule has 3 atom stereocenters. The zero-order valence-corrected chi connectivity index (χ0v) is 16.8. The number of anilines is 1. The van der Waals surface area contributed by atoms with E-state index in [0.717, 1.165) is 25.7 Å². The maximum atomic E-state index is 15.5. The molecule has 0 bridgehead atoms. The van der Waals surface area contributed by atoms with E-state index in [9.17, 15) is 14.4 Å². The van der Waals surface area contributed by atoms with Crippen LogP contribution in [0.1, 0.15) is 54.4 Å². The minimum absolute atomic E-state index is 0.0497. The molecule has 0 spiro atoms. The van der Waals surface area contributed by atoms with Crippen LogP contribution in [0.4, 0.5) is 10.1 Å². The first-order chi connectivity index (χ1) is 13.9. The number of likely N-dealkylation sites (N-methyl/N-ethyl adjacent to an activating group) is 2. The van der Waals surface area contributed by atoms with Crippen LogP contribution in [0.15, 0.2) is 12.1 Å². The van der Waals surface area contributed by atoms with Crippen molar-refractivity contribution in [1.82, 2.24) is 15.5 Å². The monoisotopic (exact) mass is 402 g/mol. The Morgan fingerprint density at radius 2 is 1.93 bits per heavy atom. The molecule has 2 heterocycles. The second-order valence-electron chi connectivity index (χ2n) is 8.18. The van der Waals surface area contributed by atoms with Gasteiger partial charge in [-0.3, -0.25) is 19.7 Å². The predicted octanol–water partition coefficient (Wildman–Crippen LogP) is 1.55. The van der Waals surface area contributed by atoms with Crippen LogP contribution >= 0.6 is 0 Å². The number of imide groups is 1. The van der Waals surface area contributed by atoms with Gasteiger partial charge >= 0.3 is 0 Å². The van der Waals surface area contributed by atoms with Gasteiger partial charge in [-0.15, -0.1) is 0 Å². The lowest BCUT2D eigenvalue weighted by Crippen LogP contribution is -2.52. The molecular weight excluding hydrogens is 375 g/mol. The average molecular weight is 402 g/mol. The molecule has 0 aromatic heterocycles. The van der Waals surface area contributed by atoms with Crippen molar-refractivity contribution in [3.05, 3.63) is 29.1 Å². The summed E-state index contributed by atoms with van der Waals surface area (Å²) >= 11 is 0. The largest absolute Gasteiger partial charge is 0.368 e. The molecule has 1 aromatic rings. The highest BCUT2D eigenvalue weighted by Crippen LogP contribution is 2.35. The summed E-state index contributed by atoms with van der Waals surface area (Å²) in [4.78, 5) is 39.8. The van der Waals surface area contributed by atoms with Gasteiger partial charge in [-0.2, -0.15) is 0 Å². The van der Waals surface area contributed by atoms with Gasteiger partial charge in [0.25, 0.3) is 5.91 Å². The third-order valence-electron chi connectivity index (χ3n) is 6.61. The van der Waals surface area contributed by atoms with E-state index in [-0.39, 0.29) is 37.2 Å². The van der Waals surface area contributed by atoms with Crippen molar-refractivity contribution in [2.45, 2.75) is 63.2 Å². The number of hydrogen-bond donors (Lipinski definition) is 2. The fraction of sp³-hybridized carbons (Fsp3) is 0.571. The van der Waals surface area contributed by atoms with E-state index in [4.69, 9.17) is 0 Å². The Kier molecular flexibility index (Phi) is 5.29. The van der Waals surface area contributed by atoms with Crippen molar-refractivity contribution in [1.29, 1.82) is 0 Å². The summed E-state index contributed by atoms with van der Waals surface area (Å²) in [7, 11) is 3.84. The molecule has 3 amide bonds. The molecule has 156 valence electrons. The minimum Gasteiger partial charge on any atom is -0.368 e. The van der Waals surface area contributed by atoms with Crippen LogP contribution in [0.5, 0.6) is 0 Å². The summed E-state index contributed by atoms with van der Waals surface area (Å²) in [5, 5.41) is 5.61. The Bertz CT molecular complexity index is 859. The summed E-state index contributed by atoms with van der Waals surface area (Å²) in [5.41, 5.74) is 1.12. The fourth-order valence-electron chi connectivity index (χ4n) is 4.95. The Hall–Kier alpha value is -2.48. The Labute approximate surface area is 169 Å².